The lowest BCUT2D eigenvalue weighted by Gasteiger charge is -2.33. The summed E-state index contributed by atoms with van der Waals surface area (Å²) in [6.45, 7) is 4.13. The minimum absolute atomic E-state index is 0.0458. The van der Waals surface area contributed by atoms with Crippen molar-refractivity contribution in [3.63, 3.8) is 0 Å². The fraction of sp³-hybridized carbons (Fsp3) is 0.903. The molecule has 0 amide bonds. The Morgan fingerprint density at radius 3 is 2.44 bits per heavy atom. The van der Waals surface area contributed by atoms with Crippen LogP contribution in [0.25, 0.3) is 0 Å². The maximum absolute atomic E-state index is 11.1. The summed E-state index contributed by atoms with van der Waals surface area (Å²) in [7, 11) is 0. The second-order valence-electron chi connectivity index (χ2n) is 11.8. The van der Waals surface area contributed by atoms with Crippen molar-refractivity contribution in [1.82, 2.24) is 0 Å². The molecule has 2 saturated heterocycles. The molecule has 226 valence electrons. The first-order valence-corrected chi connectivity index (χ1v) is 15.7. The average Bonchev–Trinajstić information content (AvgIpc) is 3.46. The van der Waals surface area contributed by atoms with E-state index < -0.39 is 17.5 Å². The highest BCUT2D eigenvalue weighted by molar-refractivity contribution is 5.66. The first-order chi connectivity index (χ1) is 18.9. The van der Waals surface area contributed by atoms with Crippen molar-refractivity contribution in [3.8, 4) is 0 Å². The Labute approximate surface area is 235 Å². The molecule has 1 unspecified atom stereocenters. The van der Waals surface area contributed by atoms with Crippen molar-refractivity contribution < 1.29 is 39.1 Å². The molecular formula is C31H54O8. The number of aliphatic carboxylic acids is 1. The molecule has 1 saturated carbocycles. The molecule has 0 spiro atoms. The summed E-state index contributed by atoms with van der Waals surface area (Å²) in [4.78, 5) is 10.7. The Balaban J connectivity index is 1.60. The van der Waals surface area contributed by atoms with E-state index in [9.17, 15) is 15.0 Å². The molecule has 0 aromatic heterocycles. The summed E-state index contributed by atoms with van der Waals surface area (Å²) >= 11 is 0. The second kappa shape index (κ2) is 17.0. The lowest BCUT2D eigenvalue weighted by molar-refractivity contribution is -0.209. The van der Waals surface area contributed by atoms with Gasteiger partial charge in [-0.3, -0.25) is 4.79 Å². The van der Waals surface area contributed by atoms with Crippen molar-refractivity contribution in [3.05, 3.63) is 12.2 Å². The molecule has 2 heterocycles. The van der Waals surface area contributed by atoms with Crippen LogP contribution in [-0.2, 0) is 23.7 Å². The van der Waals surface area contributed by atoms with E-state index in [1.807, 2.05) is 0 Å². The molecular weight excluding hydrogens is 500 g/mol. The van der Waals surface area contributed by atoms with E-state index in [1.165, 1.54) is 25.7 Å². The minimum atomic E-state index is -1.81. The van der Waals surface area contributed by atoms with Crippen LogP contribution in [0.5, 0.6) is 0 Å². The Morgan fingerprint density at radius 1 is 0.949 bits per heavy atom. The zero-order valence-electron chi connectivity index (χ0n) is 24.2. The van der Waals surface area contributed by atoms with Crippen molar-refractivity contribution in [2.75, 3.05) is 19.8 Å². The predicted molar refractivity (Wildman–Crippen MR) is 149 cm³/mol. The molecule has 0 aromatic rings. The van der Waals surface area contributed by atoms with E-state index in [-0.39, 0.29) is 37.1 Å². The molecule has 4 atom stereocenters. The zero-order valence-corrected chi connectivity index (χ0v) is 24.2. The van der Waals surface area contributed by atoms with Gasteiger partial charge in [-0.2, -0.15) is 0 Å². The number of hydrogen-bond donors (Lipinski definition) is 3. The normalized spacial score (nSPS) is 28.4. The summed E-state index contributed by atoms with van der Waals surface area (Å²) in [5.74, 6) is -3.53. The smallest absolute Gasteiger partial charge is 0.303 e. The van der Waals surface area contributed by atoms with Gasteiger partial charge in [0.2, 0.25) is 0 Å². The van der Waals surface area contributed by atoms with Gasteiger partial charge in [0.05, 0.1) is 19.3 Å². The maximum atomic E-state index is 11.1. The van der Waals surface area contributed by atoms with Crippen LogP contribution >= 0.6 is 0 Å². The molecule has 8 heteroatoms. The van der Waals surface area contributed by atoms with Gasteiger partial charge in [0, 0.05) is 38.2 Å². The average molecular weight is 555 g/mol. The molecule has 3 N–H and O–H groups in total. The molecule has 3 rings (SSSR count). The Hall–Kier alpha value is -1.03. The van der Waals surface area contributed by atoms with Gasteiger partial charge in [0.1, 0.15) is 0 Å². The predicted octanol–water partition coefficient (Wildman–Crippen LogP) is 6.08. The van der Waals surface area contributed by atoms with Crippen LogP contribution in [0.4, 0.5) is 0 Å². The van der Waals surface area contributed by atoms with Crippen LogP contribution in [-0.4, -0.2) is 65.1 Å². The standard InChI is InChI=1S/C31H54O8/c1-2-3-4-9-13-19-30(37-22-23-38-30)20-18-25-26(15-10-7-5-6-8-11-16-28(32)33)31(34,35)24-27(25)39-29-17-12-14-21-36-29/h7,10,25-27,29,34-35H,2-6,8-9,11-24H2,1H3,(H,32,33)/b10-7-/t25-,26-,27-,29?/m1/s1. The Bertz CT molecular complexity index is 711. The van der Waals surface area contributed by atoms with E-state index in [2.05, 4.69) is 19.1 Å². The van der Waals surface area contributed by atoms with Gasteiger partial charge in [-0.05, 0) is 63.7 Å². The van der Waals surface area contributed by atoms with Crippen LogP contribution in [0.15, 0.2) is 12.2 Å². The number of aliphatic hydroxyl groups is 2. The number of ether oxygens (including phenoxy) is 4. The maximum Gasteiger partial charge on any atom is 0.303 e. The van der Waals surface area contributed by atoms with Gasteiger partial charge in [0.25, 0.3) is 0 Å². The number of allylic oxidation sites excluding steroid dienone is 2. The van der Waals surface area contributed by atoms with Crippen molar-refractivity contribution >= 4 is 5.97 Å². The number of carboxylic acids is 1. The molecule has 2 aliphatic heterocycles. The lowest BCUT2D eigenvalue weighted by atomic mass is 9.83. The van der Waals surface area contributed by atoms with Gasteiger partial charge in [0.15, 0.2) is 17.9 Å². The summed E-state index contributed by atoms with van der Waals surface area (Å²) in [5, 5.41) is 31.0. The van der Waals surface area contributed by atoms with Crippen LogP contribution in [0.2, 0.25) is 0 Å². The molecule has 8 nitrogen and oxygen atoms in total. The second-order valence-corrected chi connectivity index (χ2v) is 11.8. The number of hydrogen-bond acceptors (Lipinski definition) is 7. The summed E-state index contributed by atoms with van der Waals surface area (Å²) < 4.78 is 24.6. The van der Waals surface area contributed by atoms with E-state index in [4.69, 9.17) is 24.1 Å². The van der Waals surface area contributed by atoms with E-state index in [0.717, 1.165) is 64.2 Å². The Kier molecular flexibility index (Phi) is 14.2. The van der Waals surface area contributed by atoms with Crippen LogP contribution in [0.1, 0.15) is 122 Å². The summed E-state index contributed by atoms with van der Waals surface area (Å²) in [6.07, 6.45) is 19.1. The topological polar surface area (TPSA) is 115 Å². The van der Waals surface area contributed by atoms with Crippen LogP contribution < -0.4 is 0 Å². The third-order valence-corrected chi connectivity index (χ3v) is 8.71. The first kappa shape index (κ1) is 32.5. The molecule has 0 bridgehead atoms. The number of unbranched alkanes of at least 4 members (excludes halogenated alkanes) is 7. The molecule has 1 aliphatic carbocycles. The minimum Gasteiger partial charge on any atom is -0.481 e. The van der Waals surface area contributed by atoms with Crippen molar-refractivity contribution in [1.29, 1.82) is 0 Å². The quantitative estimate of drug-likeness (QED) is 0.1000. The van der Waals surface area contributed by atoms with Crippen molar-refractivity contribution in [2.24, 2.45) is 11.8 Å². The lowest BCUT2D eigenvalue weighted by Crippen LogP contribution is -2.36. The molecule has 0 radical (unpaired) electrons. The monoisotopic (exact) mass is 554 g/mol. The van der Waals surface area contributed by atoms with Gasteiger partial charge >= 0.3 is 5.97 Å². The Morgan fingerprint density at radius 2 is 1.72 bits per heavy atom. The van der Waals surface area contributed by atoms with E-state index in [0.29, 0.717) is 32.7 Å². The highest BCUT2D eigenvalue weighted by atomic mass is 16.7. The largest absolute Gasteiger partial charge is 0.481 e. The third-order valence-electron chi connectivity index (χ3n) is 8.71. The van der Waals surface area contributed by atoms with Crippen molar-refractivity contribution in [2.45, 2.75) is 146 Å². The van der Waals surface area contributed by atoms with Crippen LogP contribution in [0.3, 0.4) is 0 Å². The highest BCUT2D eigenvalue weighted by Crippen LogP contribution is 2.47. The zero-order chi connectivity index (χ0) is 28.0. The first-order valence-electron chi connectivity index (χ1n) is 15.7. The molecule has 39 heavy (non-hydrogen) atoms. The van der Waals surface area contributed by atoms with E-state index in [1.54, 1.807) is 0 Å². The summed E-state index contributed by atoms with van der Waals surface area (Å²) in [5.41, 5.74) is 0. The third kappa shape index (κ3) is 11.0. The van der Waals surface area contributed by atoms with Crippen LogP contribution in [0, 0.1) is 11.8 Å². The van der Waals surface area contributed by atoms with Gasteiger partial charge in [-0.15, -0.1) is 0 Å². The number of carbonyl (C=O) groups is 1. The van der Waals surface area contributed by atoms with E-state index >= 15 is 0 Å². The number of carboxylic acid groups (broad SMARTS) is 1. The number of rotatable bonds is 19. The fourth-order valence-corrected chi connectivity index (χ4v) is 6.48. The molecule has 3 aliphatic rings. The van der Waals surface area contributed by atoms with Gasteiger partial charge in [-0.1, -0.05) is 51.2 Å². The molecule has 0 aromatic carbocycles. The fourth-order valence-electron chi connectivity index (χ4n) is 6.48. The SMILES string of the molecule is CCCCCCCC1(CC[C@@H]2[C@@H](C/C=C\CCCCCC(=O)O)C(O)(O)C[C@H]2OC2CCCCO2)OCCO1. The van der Waals surface area contributed by atoms with Gasteiger partial charge in [-0.25, -0.2) is 0 Å². The summed E-state index contributed by atoms with van der Waals surface area (Å²) in [6, 6.07) is 0. The molecule has 3 fully saturated rings. The highest BCUT2D eigenvalue weighted by Gasteiger charge is 2.53. The van der Waals surface area contributed by atoms with Gasteiger partial charge < -0.3 is 34.3 Å².